The fraction of sp³-hybridized carbons (Fsp3) is 0.167. The number of hydrogen-bond acceptors (Lipinski definition) is 5. The van der Waals surface area contributed by atoms with E-state index in [9.17, 15) is 14.0 Å². The summed E-state index contributed by atoms with van der Waals surface area (Å²) in [6.45, 7) is 2.19. The molecule has 0 aromatic heterocycles. The SMILES string of the molecule is CCCOC(=O)c1cccc(C2=C(N)OC(c3cc(Cl)cc4cccc(F)c34)C2=O)c1. The maximum Gasteiger partial charge on any atom is 0.338 e. The molecule has 1 unspecified atom stereocenters. The molecule has 0 aliphatic carbocycles. The van der Waals surface area contributed by atoms with Crippen molar-refractivity contribution < 1.29 is 23.5 Å². The first kappa shape index (κ1) is 20.9. The molecule has 2 N–H and O–H groups in total. The molecule has 0 bridgehead atoms. The molecule has 3 aromatic carbocycles. The van der Waals surface area contributed by atoms with E-state index in [1.165, 1.54) is 18.2 Å². The van der Waals surface area contributed by atoms with Gasteiger partial charge in [0.05, 0.1) is 17.7 Å². The van der Waals surface area contributed by atoms with Gasteiger partial charge in [0.2, 0.25) is 5.78 Å². The van der Waals surface area contributed by atoms with E-state index in [1.807, 2.05) is 6.92 Å². The molecule has 0 amide bonds. The molecule has 0 saturated heterocycles. The van der Waals surface area contributed by atoms with Crippen LogP contribution in [0.1, 0.15) is 40.9 Å². The Balaban J connectivity index is 1.73. The molecule has 0 spiro atoms. The number of benzene rings is 3. The van der Waals surface area contributed by atoms with Crippen molar-refractivity contribution in [3.05, 3.63) is 88.0 Å². The van der Waals surface area contributed by atoms with E-state index in [0.717, 1.165) is 0 Å². The van der Waals surface area contributed by atoms with Gasteiger partial charge in [0.25, 0.3) is 0 Å². The van der Waals surface area contributed by atoms with E-state index >= 15 is 0 Å². The van der Waals surface area contributed by atoms with Gasteiger partial charge in [-0.3, -0.25) is 4.79 Å². The highest BCUT2D eigenvalue weighted by Gasteiger charge is 2.37. The van der Waals surface area contributed by atoms with Gasteiger partial charge in [0.15, 0.2) is 12.0 Å². The molecule has 0 saturated carbocycles. The Kier molecular flexibility index (Phi) is 5.65. The molecule has 1 aliphatic rings. The first-order chi connectivity index (χ1) is 14.9. The lowest BCUT2D eigenvalue weighted by Gasteiger charge is -2.15. The van der Waals surface area contributed by atoms with Crippen molar-refractivity contribution in [1.29, 1.82) is 0 Å². The quantitative estimate of drug-likeness (QED) is 0.555. The molecule has 1 aliphatic heterocycles. The predicted octanol–water partition coefficient (Wildman–Crippen LogP) is 5.17. The third-order valence-electron chi connectivity index (χ3n) is 5.00. The number of fused-ring (bicyclic) bond motifs is 1. The average Bonchev–Trinajstić information content (AvgIpc) is 3.05. The number of hydrogen-bond donors (Lipinski definition) is 1. The van der Waals surface area contributed by atoms with Gasteiger partial charge in [0.1, 0.15) is 5.82 Å². The molecular weight excluding hydrogens is 421 g/mol. The van der Waals surface area contributed by atoms with E-state index in [-0.39, 0.29) is 16.8 Å². The Hall–Kier alpha value is -3.38. The van der Waals surface area contributed by atoms with Crippen molar-refractivity contribution >= 4 is 39.7 Å². The van der Waals surface area contributed by atoms with Crippen molar-refractivity contribution in [2.45, 2.75) is 19.4 Å². The number of esters is 1. The molecule has 31 heavy (non-hydrogen) atoms. The second-order valence-electron chi connectivity index (χ2n) is 7.15. The number of ketones is 1. The number of Topliss-reactive ketones (excluding diaryl/α,β-unsaturated/α-hetero) is 1. The van der Waals surface area contributed by atoms with Crippen LogP contribution in [-0.2, 0) is 14.3 Å². The summed E-state index contributed by atoms with van der Waals surface area (Å²) in [6, 6.07) is 14.1. The van der Waals surface area contributed by atoms with Gasteiger partial charge in [-0.25, -0.2) is 9.18 Å². The topological polar surface area (TPSA) is 78.6 Å². The van der Waals surface area contributed by atoms with E-state index in [4.69, 9.17) is 26.8 Å². The van der Waals surface area contributed by atoms with E-state index in [1.54, 1.807) is 36.4 Å². The third kappa shape index (κ3) is 3.86. The normalized spacial score (nSPS) is 16.0. The summed E-state index contributed by atoms with van der Waals surface area (Å²) in [6.07, 6.45) is -0.453. The number of nitrogens with two attached hydrogens (primary N) is 1. The lowest BCUT2D eigenvalue weighted by Crippen LogP contribution is -2.11. The number of ether oxygens (including phenoxy) is 2. The van der Waals surface area contributed by atoms with Gasteiger partial charge in [0, 0.05) is 16.0 Å². The summed E-state index contributed by atoms with van der Waals surface area (Å²) in [5, 5.41) is 1.14. The summed E-state index contributed by atoms with van der Waals surface area (Å²) >= 11 is 6.20. The maximum atomic E-state index is 14.6. The monoisotopic (exact) mass is 439 g/mol. The lowest BCUT2D eigenvalue weighted by molar-refractivity contribution is -0.120. The lowest BCUT2D eigenvalue weighted by atomic mass is 9.93. The molecule has 3 aromatic rings. The summed E-state index contributed by atoms with van der Waals surface area (Å²) < 4.78 is 25.4. The van der Waals surface area contributed by atoms with Crippen LogP contribution in [-0.4, -0.2) is 18.4 Å². The number of rotatable bonds is 5. The largest absolute Gasteiger partial charge is 0.462 e. The Morgan fingerprint density at radius 1 is 1.19 bits per heavy atom. The highest BCUT2D eigenvalue weighted by atomic mass is 35.5. The first-order valence-electron chi connectivity index (χ1n) is 9.76. The minimum Gasteiger partial charge on any atom is -0.462 e. The van der Waals surface area contributed by atoms with Crippen LogP contribution < -0.4 is 5.73 Å². The average molecular weight is 440 g/mol. The minimum atomic E-state index is -1.15. The summed E-state index contributed by atoms with van der Waals surface area (Å²) in [7, 11) is 0. The fourth-order valence-corrected chi connectivity index (χ4v) is 3.88. The van der Waals surface area contributed by atoms with Crippen LogP contribution in [0.4, 0.5) is 4.39 Å². The molecule has 0 radical (unpaired) electrons. The van der Waals surface area contributed by atoms with Gasteiger partial charge in [-0.1, -0.05) is 42.8 Å². The zero-order valence-corrected chi connectivity index (χ0v) is 17.4. The van der Waals surface area contributed by atoms with Gasteiger partial charge < -0.3 is 15.2 Å². The van der Waals surface area contributed by atoms with Gasteiger partial charge in [-0.05, 0) is 47.7 Å². The zero-order chi connectivity index (χ0) is 22.1. The number of carbonyl (C=O) groups excluding carboxylic acids is 2. The Labute approximate surface area is 183 Å². The summed E-state index contributed by atoms with van der Waals surface area (Å²) in [5.41, 5.74) is 7.18. The van der Waals surface area contributed by atoms with Crippen molar-refractivity contribution in [1.82, 2.24) is 0 Å². The summed E-state index contributed by atoms with van der Waals surface area (Å²) in [5.74, 6) is -1.52. The van der Waals surface area contributed by atoms with E-state index in [0.29, 0.717) is 40.1 Å². The second-order valence-corrected chi connectivity index (χ2v) is 7.59. The van der Waals surface area contributed by atoms with Crippen LogP contribution in [0.25, 0.3) is 16.3 Å². The van der Waals surface area contributed by atoms with Gasteiger partial charge in [-0.15, -0.1) is 0 Å². The minimum absolute atomic E-state index is 0.0986. The fourth-order valence-electron chi connectivity index (χ4n) is 3.64. The van der Waals surface area contributed by atoms with Gasteiger partial charge in [-0.2, -0.15) is 0 Å². The van der Waals surface area contributed by atoms with Gasteiger partial charge >= 0.3 is 5.97 Å². The van der Waals surface area contributed by atoms with Crippen molar-refractivity contribution in [3.8, 4) is 0 Å². The third-order valence-corrected chi connectivity index (χ3v) is 5.22. The van der Waals surface area contributed by atoms with Crippen molar-refractivity contribution in [3.63, 3.8) is 0 Å². The molecule has 158 valence electrons. The summed E-state index contributed by atoms with van der Waals surface area (Å²) in [4.78, 5) is 25.5. The van der Waals surface area contributed by atoms with Crippen LogP contribution >= 0.6 is 11.6 Å². The van der Waals surface area contributed by atoms with Crippen LogP contribution in [0.3, 0.4) is 0 Å². The number of carbonyl (C=O) groups is 2. The second kappa shape index (κ2) is 8.40. The first-order valence-corrected chi connectivity index (χ1v) is 10.1. The van der Waals surface area contributed by atoms with Crippen molar-refractivity contribution in [2.24, 2.45) is 5.73 Å². The Morgan fingerprint density at radius 3 is 2.74 bits per heavy atom. The molecule has 0 fully saturated rings. The molecule has 1 heterocycles. The van der Waals surface area contributed by atoms with Crippen molar-refractivity contribution in [2.75, 3.05) is 6.61 Å². The molecule has 7 heteroatoms. The smallest absolute Gasteiger partial charge is 0.338 e. The number of halogens is 2. The molecule has 4 rings (SSSR count). The van der Waals surface area contributed by atoms with E-state index in [2.05, 4.69) is 0 Å². The van der Waals surface area contributed by atoms with E-state index < -0.39 is 23.7 Å². The highest BCUT2D eigenvalue weighted by Crippen LogP contribution is 2.40. The molecule has 1 atom stereocenters. The maximum absolute atomic E-state index is 14.6. The predicted molar refractivity (Wildman–Crippen MR) is 116 cm³/mol. The Bertz CT molecular complexity index is 1240. The highest BCUT2D eigenvalue weighted by molar-refractivity contribution is 6.32. The van der Waals surface area contributed by atoms with Crippen LogP contribution in [0, 0.1) is 5.82 Å². The zero-order valence-electron chi connectivity index (χ0n) is 16.7. The van der Waals surface area contributed by atoms with Crippen LogP contribution in [0.2, 0.25) is 5.02 Å². The molecule has 5 nitrogen and oxygen atoms in total. The molecular formula is C24H19ClFNO4. The van der Waals surface area contributed by atoms with Crippen LogP contribution in [0.15, 0.2) is 60.5 Å². The van der Waals surface area contributed by atoms with Crippen LogP contribution in [0.5, 0.6) is 0 Å². The standard InChI is InChI=1S/C24H19ClFNO4/c1-2-9-30-24(29)15-7-3-5-13(10-15)20-21(28)22(31-23(20)27)17-12-16(25)11-14-6-4-8-18(26)19(14)17/h3-8,10-12,22H,2,9,27H2,1H3. The Morgan fingerprint density at radius 2 is 1.97 bits per heavy atom.